The molecule has 0 saturated carbocycles. The van der Waals surface area contributed by atoms with Crippen molar-refractivity contribution in [2.75, 3.05) is 0 Å². The Morgan fingerprint density at radius 1 is 1.47 bits per heavy atom. The number of halogens is 1. The third-order valence-electron chi connectivity index (χ3n) is 1.67. The molecule has 0 aromatic carbocycles. The number of Topliss-reactive ketones (excluding diaryl/α,β-unsaturated/α-hetero) is 1. The van der Waals surface area contributed by atoms with Crippen LogP contribution >= 0.6 is 11.6 Å². The zero-order chi connectivity index (χ0) is 11.3. The molecule has 0 aliphatic heterocycles. The highest BCUT2D eigenvalue weighted by Crippen LogP contribution is 2.12. The molecule has 1 heterocycles. The lowest BCUT2D eigenvalue weighted by Gasteiger charge is -2.02. The van der Waals surface area contributed by atoms with Crippen LogP contribution in [-0.2, 0) is 9.59 Å². The number of carbonyl (C=O) groups is 2. The SMILES string of the molecule is CCC(=O)CC(=O)Oc1ccc(Cl)nc1. The molecule has 5 heteroatoms. The highest BCUT2D eigenvalue weighted by molar-refractivity contribution is 6.29. The molecule has 0 aliphatic carbocycles. The number of ketones is 1. The summed E-state index contributed by atoms with van der Waals surface area (Å²) in [4.78, 5) is 25.8. The smallest absolute Gasteiger partial charge is 0.318 e. The van der Waals surface area contributed by atoms with Gasteiger partial charge in [-0.1, -0.05) is 18.5 Å². The van der Waals surface area contributed by atoms with Crippen LogP contribution in [0.15, 0.2) is 18.3 Å². The summed E-state index contributed by atoms with van der Waals surface area (Å²) in [5.41, 5.74) is 0. The molecule has 0 unspecified atom stereocenters. The second-order valence-electron chi connectivity index (χ2n) is 2.86. The number of pyridine rings is 1. The third-order valence-corrected chi connectivity index (χ3v) is 1.89. The zero-order valence-corrected chi connectivity index (χ0v) is 8.95. The Bertz CT molecular complexity index is 361. The van der Waals surface area contributed by atoms with Crippen molar-refractivity contribution in [3.63, 3.8) is 0 Å². The van der Waals surface area contributed by atoms with Gasteiger partial charge in [0.15, 0.2) is 0 Å². The summed E-state index contributed by atoms with van der Waals surface area (Å²) in [6.07, 6.45) is 1.45. The van der Waals surface area contributed by atoms with E-state index in [1.54, 1.807) is 6.92 Å². The maximum Gasteiger partial charge on any atom is 0.318 e. The van der Waals surface area contributed by atoms with Crippen LogP contribution in [0.4, 0.5) is 0 Å². The third kappa shape index (κ3) is 4.08. The van der Waals surface area contributed by atoms with Crippen LogP contribution in [0.2, 0.25) is 5.15 Å². The molecular weight excluding hydrogens is 218 g/mol. The van der Waals surface area contributed by atoms with Crippen molar-refractivity contribution in [3.05, 3.63) is 23.5 Å². The topological polar surface area (TPSA) is 56.3 Å². The summed E-state index contributed by atoms with van der Waals surface area (Å²) in [6, 6.07) is 3.02. The summed E-state index contributed by atoms with van der Waals surface area (Å²) in [7, 11) is 0. The van der Waals surface area contributed by atoms with E-state index in [2.05, 4.69) is 4.98 Å². The number of nitrogens with zero attached hydrogens (tertiary/aromatic N) is 1. The Balaban J connectivity index is 2.51. The first-order valence-corrected chi connectivity index (χ1v) is 4.83. The summed E-state index contributed by atoms with van der Waals surface area (Å²) in [5.74, 6) is -0.443. The maximum absolute atomic E-state index is 11.2. The first-order chi connectivity index (χ1) is 7.11. The fourth-order valence-corrected chi connectivity index (χ4v) is 0.988. The van der Waals surface area contributed by atoms with Crippen LogP contribution < -0.4 is 4.74 Å². The molecular formula is C10H10ClNO3. The van der Waals surface area contributed by atoms with E-state index in [1.807, 2.05) is 0 Å². The van der Waals surface area contributed by atoms with Gasteiger partial charge in [0.1, 0.15) is 23.1 Å². The second-order valence-corrected chi connectivity index (χ2v) is 3.25. The summed E-state index contributed by atoms with van der Waals surface area (Å²) < 4.78 is 4.86. The van der Waals surface area contributed by atoms with Crippen molar-refractivity contribution in [3.8, 4) is 5.75 Å². The van der Waals surface area contributed by atoms with Crippen molar-refractivity contribution in [1.82, 2.24) is 4.98 Å². The first kappa shape index (κ1) is 11.7. The van der Waals surface area contributed by atoms with Crippen molar-refractivity contribution in [2.45, 2.75) is 19.8 Å². The van der Waals surface area contributed by atoms with Gasteiger partial charge in [-0.2, -0.15) is 0 Å². The minimum absolute atomic E-state index is 0.151. The summed E-state index contributed by atoms with van der Waals surface area (Å²) in [6.45, 7) is 1.69. The van der Waals surface area contributed by atoms with Gasteiger partial charge in [-0.3, -0.25) is 9.59 Å². The molecule has 0 N–H and O–H groups in total. The van der Waals surface area contributed by atoms with Crippen LogP contribution in [0.5, 0.6) is 5.75 Å². The quantitative estimate of drug-likeness (QED) is 0.449. The van der Waals surface area contributed by atoms with Crippen LogP contribution in [0, 0.1) is 0 Å². The summed E-state index contributed by atoms with van der Waals surface area (Å²) >= 11 is 5.55. The van der Waals surface area contributed by atoms with Gasteiger partial charge in [-0.15, -0.1) is 0 Å². The fraction of sp³-hybridized carbons (Fsp3) is 0.300. The molecule has 80 valence electrons. The van der Waals surface area contributed by atoms with Crippen molar-refractivity contribution >= 4 is 23.4 Å². The monoisotopic (exact) mass is 227 g/mol. The number of esters is 1. The highest BCUT2D eigenvalue weighted by Gasteiger charge is 2.09. The van der Waals surface area contributed by atoms with Gasteiger partial charge in [-0.25, -0.2) is 4.98 Å². The fourth-order valence-electron chi connectivity index (χ4n) is 0.876. The number of ether oxygens (including phenoxy) is 1. The Morgan fingerprint density at radius 3 is 2.73 bits per heavy atom. The normalized spacial score (nSPS) is 9.73. The van der Waals surface area contributed by atoms with E-state index in [1.165, 1.54) is 18.3 Å². The number of hydrogen-bond donors (Lipinski definition) is 0. The lowest BCUT2D eigenvalue weighted by Crippen LogP contribution is -2.13. The lowest BCUT2D eigenvalue weighted by molar-refractivity contribution is -0.137. The highest BCUT2D eigenvalue weighted by atomic mass is 35.5. The van der Waals surface area contributed by atoms with Crippen molar-refractivity contribution in [1.29, 1.82) is 0 Å². The van der Waals surface area contributed by atoms with E-state index in [0.717, 1.165) is 0 Å². The number of rotatable bonds is 4. The molecule has 0 aliphatic rings. The van der Waals surface area contributed by atoms with Crippen LogP contribution in [0.1, 0.15) is 19.8 Å². The van der Waals surface area contributed by atoms with E-state index in [9.17, 15) is 9.59 Å². The molecule has 0 saturated heterocycles. The number of hydrogen-bond acceptors (Lipinski definition) is 4. The van der Waals surface area contributed by atoms with Crippen LogP contribution in [-0.4, -0.2) is 16.7 Å². The predicted octanol–water partition coefficient (Wildman–Crippen LogP) is 2.01. The van der Waals surface area contributed by atoms with Crippen LogP contribution in [0.3, 0.4) is 0 Å². The molecule has 0 fully saturated rings. The molecule has 0 radical (unpaired) electrons. The van der Waals surface area contributed by atoms with Gasteiger partial charge in [0.05, 0.1) is 6.20 Å². The minimum atomic E-state index is -0.578. The van der Waals surface area contributed by atoms with E-state index in [0.29, 0.717) is 11.6 Å². The van der Waals surface area contributed by atoms with Gasteiger partial charge in [0.25, 0.3) is 0 Å². The van der Waals surface area contributed by atoms with E-state index in [4.69, 9.17) is 16.3 Å². The summed E-state index contributed by atoms with van der Waals surface area (Å²) in [5, 5.41) is 0.319. The molecule has 0 atom stereocenters. The maximum atomic E-state index is 11.2. The lowest BCUT2D eigenvalue weighted by atomic mass is 10.2. The first-order valence-electron chi connectivity index (χ1n) is 4.45. The predicted molar refractivity (Wildman–Crippen MR) is 54.8 cm³/mol. The van der Waals surface area contributed by atoms with Crippen LogP contribution in [0.25, 0.3) is 0 Å². The standard InChI is InChI=1S/C10H10ClNO3/c1-2-7(13)5-10(14)15-8-3-4-9(11)12-6-8/h3-4,6H,2,5H2,1H3. The largest absolute Gasteiger partial charge is 0.425 e. The Labute approximate surface area is 92.2 Å². The minimum Gasteiger partial charge on any atom is -0.425 e. The molecule has 1 rings (SSSR count). The van der Waals surface area contributed by atoms with Crippen molar-refractivity contribution in [2.24, 2.45) is 0 Å². The number of aromatic nitrogens is 1. The average Bonchev–Trinajstić information content (AvgIpc) is 2.21. The molecule has 0 spiro atoms. The van der Waals surface area contributed by atoms with Crippen molar-refractivity contribution < 1.29 is 14.3 Å². The number of carbonyl (C=O) groups excluding carboxylic acids is 2. The van der Waals surface area contributed by atoms with E-state index in [-0.39, 0.29) is 18.0 Å². The molecule has 0 bridgehead atoms. The van der Waals surface area contributed by atoms with Gasteiger partial charge in [-0.05, 0) is 12.1 Å². The second kappa shape index (κ2) is 5.46. The molecule has 4 nitrogen and oxygen atoms in total. The molecule has 0 amide bonds. The molecule has 1 aromatic heterocycles. The molecule has 1 aromatic rings. The Morgan fingerprint density at radius 2 is 2.20 bits per heavy atom. The van der Waals surface area contributed by atoms with Gasteiger partial charge in [0, 0.05) is 6.42 Å². The Kier molecular flexibility index (Phi) is 4.24. The van der Waals surface area contributed by atoms with E-state index < -0.39 is 5.97 Å². The zero-order valence-electron chi connectivity index (χ0n) is 8.20. The molecule has 15 heavy (non-hydrogen) atoms. The van der Waals surface area contributed by atoms with Gasteiger partial charge in [0.2, 0.25) is 0 Å². The van der Waals surface area contributed by atoms with E-state index >= 15 is 0 Å². The average molecular weight is 228 g/mol. The van der Waals surface area contributed by atoms with Gasteiger partial charge < -0.3 is 4.74 Å². The Hall–Kier alpha value is -1.42. The van der Waals surface area contributed by atoms with Gasteiger partial charge >= 0.3 is 5.97 Å².